The molecule has 2 unspecified atom stereocenters. The fraction of sp³-hybridized carbons (Fsp3) is 0.455. The van der Waals surface area contributed by atoms with Crippen LogP contribution in [0.25, 0.3) is 0 Å². The molecule has 5 nitrogen and oxygen atoms in total. The van der Waals surface area contributed by atoms with E-state index in [-0.39, 0.29) is 11.7 Å². The van der Waals surface area contributed by atoms with Crippen molar-refractivity contribution < 1.29 is 13.7 Å². The minimum Gasteiger partial charge on any atom is -0.377 e. The maximum atomic E-state index is 13.6. The number of hydrogen-bond donors (Lipinski definition) is 2. The summed E-state index contributed by atoms with van der Waals surface area (Å²) < 4.78 is 27.2. The molecule has 1 aliphatic heterocycles. The molecule has 2 aliphatic rings. The van der Waals surface area contributed by atoms with Crippen molar-refractivity contribution in [2.24, 2.45) is 11.8 Å². The van der Waals surface area contributed by atoms with Crippen LogP contribution in [-0.2, 0) is 0 Å². The van der Waals surface area contributed by atoms with Crippen molar-refractivity contribution >= 4 is 11.4 Å². The second kappa shape index (κ2) is 3.88. The first-order valence-electron chi connectivity index (χ1n) is 5.68. The number of non-ortho nitro benzene ring substituents is 1. The molecular weight excluding hydrogens is 244 g/mol. The Morgan fingerprint density at radius 3 is 2.33 bits per heavy atom. The first-order valence-corrected chi connectivity index (χ1v) is 5.68. The molecule has 2 fully saturated rings. The van der Waals surface area contributed by atoms with Gasteiger partial charge in [0.2, 0.25) is 0 Å². The molecule has 1 saturated heterocycles. The van der Waals surface area contributed by atoms with E-state index in [2.05, 4.69) is 10.6 Å². The van der Waals surface area contributed by atoms with Gasteiger partial charge in [0.05, 0.1) is 17.1 Å². The van der Waals surface area contributed by atoms with E-state index < -0.39 is 22.2 Å². The van der Waals surface area contributed by atoms with E-state index in [1.165, 1.54) is 0 Å². The first kappa shape index (κ1) is 11.3. The maximum absolute atomic E-state index is 13.6. The molecule has 0 bridgehead atoms. The molecule has 0 spiro atoms. The minimum atomic E-state index is -0.917. The fourth-order valence-electron chi connectivity index (χ4n) is 2.60. The number of benzene rings is 1. The van der Waals surface area contributed by atoms with Gasteiger partial charge in [0.25, 0.3) is 5.69 Å². The topological polar surface area (TPSA) is 67.2 Å². The van der Waals surface area contributed by atoms with Gasteiger partial charge in [-0.3, -0.25) is 10.1 Å². The highest BCUT2D eigenvalue weighted by molar-refractivity contribution is 5.53. The summed E-state index contributed by atoms with van der Waals surface area (Å²) in [5.41, 5.74) is -0.840. The smallest absolute Gasteiger partial charge is 0.275 e. The summed E-state index contributed by atoms with van der Waals surface area (Å²) in [5.74, 6) is -1.03. The van der Waals surface area contributed by atoms with E-state index in [0.29, 0.717) is 11.8 Å². The number of rotatable bonds is 3. The van der Waals surface area contributed by atoms with E-state index in [0.717, 1.165) is 25.2 Å². The summed E-state index contributed by atoms with van der Waals surface area (Å²) in [6, 6.07) is 1.54. The highest BCUT2D eigenvalue weighted by Gasteiger charge is 2.53. The molecule has 1 saturated carbocycles. The molecular formula is C11H11F2N3O2. The predicted octanol–water partition coefficient (Wildman–Crippen LogP) is 1.50. The van der Waals surface area contributed by atoms with Crippen LogP contribution in [0.1, 0.15) is 0 Å². The van der Waals surface area contributed by atoms with Crippen LogP contribution in [0, 0.1) is 33.6 Å². The highest BCUT2D eigenvalue weighted by atomic mass is 19.1. The standard InChI is InChI=1S/C11H11F2N3O2/c12-8-1-5(16(17)18)2-9(13)11(8)15-10-6-3-14-4-7(6)10/h1-2,6-7,10,14-15H,3-4H2. The van der Waals surface area contributed by atoms with Crippen molar-refractivity contribution in [2.45, 2.75) is 6.04 Å². The molecule has 1 heterocycles. The lowest BCUT2D eigenvalue weighted by atomic mass is 10.2. The Labute approximate surface area is 101 Å². The van der Waals surface area contributed by atoms with Gasteiger partial charge in [-0.1, -0.05) is 0 Å². The Bertz CT molecular complexity index is 490. The first-order chi connectivity index (χ1) is 8.58. The average molecular weight is 255 g/mol. The number of nitro groups is 1. The van der Waals surface area contributed by atoms with Crippen molar-refractivity contribution in [3.8, 4) is 0 Å². The van der Waals surface area contributed by atoms with Crippen molar-refractivity contribution in [1.82, 2.24) is 5.32 Å². The summed E-state index contributed by atoms with van der Waals surface area (Å²) in [6.45, 7) is 1.69. The summed E-state index contributed by atoms with van der Waals surface area (Å²) in [5, 5.41) is 16.4. The summed E-state index contributed by atoms with van der Waals surface area (Å²) >= 11 is 0. The average Bonchev–Trinajstić information content (AvgIpc) is 2.73. The summed E-state index contributed by atoms with van der Waals surface area (Å²) in [6.07, 6.45) is 0. The van der Waals surface area contributed by atoms with Crippen molar-refractivity contribution in [2.75, 3.05) is 18.4 Å². The number of halogens is 2. The lowest BCUT2D eigenvalue weighted by Crippen LogP contribution is -2.22. The van der Waals surface area contributed by atoms with Crippen LogP contribution in [0.3, 0.4) is 0 Å². The van der Waals surface area contributed by atoms with Crippen LogP contribution in [0.4, 0.5) is 20.2 Å². The fourth-order valence-corrected chi connectivity index (χ4v) is 2.60. The monoisotopic (exact) mass is 255 g/mol. The molecule has 0 amide bonds. The second-order valence-corrected chi connectivity index (χ2v) is 4.70. The van der Waals surface area contributed by atoms with Gasteiger partial charge in [0, 0.05) is 19.1 Å². The Hall–Kier alpha value is -1.76. The van der Waals surface area contributed by atoms with Gasteiger partial charge in [-0.05, 0) is 11.8 Å². The zero-order chi connectivity index (χ0) is 12.9. The van der Waals surface area contributed by atoms with E-state index in [1.807, 2.05) is 0 Å². The molecule has 2 N–H and O–H groups in total. The SMILES string of the molecule is O=[N+]([O-])c1cc(F)c(NC2C3CNCC32)c(F)c1. The van der Waals surface area contributed by atoms with Crippen LogP contribution < -0.4 is 10.6 Å². The summed E-state index contributed by atoms with van der Waals surface area (Å²) in [7, 11) is 0. The van der Waals surface area contributed by atoms with Crippen LogP contribution in [-0.4, -0.2) is 24.1 Å². The molecule has 7 heteroatoms. The van der Waals surface area contributed by atoms with Crippen LogP contribution >= 0.6 is 0 Å². The minimum absolute atomic E-state index is 0.0664. The van der Waals surface area contributed by atoms with E-state index >= 15 is 0 Å². The third kappa shape index (κ3) is 1.71. The van der Waals surface area contributed by atoms with E-state index in [9.17, 15) is 18.9 Å². The molecule has 1 aromatic carbocycles. The maximum Gasteiger partial charge on any atom is 0.275 e. The molecule has 2 atom stereocenters. The van der Waals surface area contributed by atoms with E-state index in [1.54, 1.807) is 0 Å². The highest BCUT2D eigenvalue weighted by Crippen LogP contribution is 2.44. The van der Waals surface area contributed by atoms with Gasteiger partial charge in [0.1, 0.15) is 5.69 Å². The third-order valence-corrected chi connectivity index (χ3v) is 3.64. The quantitative estimate of drug-likeness (QED) is 0.634. The molecule has 18 heavy (non-hydrogen) atoms. The van der Waals surface area contributed by atoms with Crippen LogP contribution in [0.15, 0.2) is 12.1 Å². The normalized spacial score (nSPS) is 28.9. The Morgan fingerprint density at radius 1 is 1.28 bits per heavy atom. The van der Waals surface area contributed by atoms with Gasteiger partial charge < -0.3 is 10.6 Å². The molecule has 1 aromatic rings. The summed E-state index contributed by atoms with van der Waals surface area (Å²) in [4.78, 5) is 9.64. The third-order valence-electron chi connectivity index (χ3n) is 3.64. The Balaban J connectivity index is 1.82. The van der Waals surface area contributed by atoms with Gasteiger partial charge in [0.15, 0.2) is 11.6 Å². The second-order valence-electron chi connectivity index (χ2n) is 4.70. The van der Waals surface area contributed by atoms with Crippen molar-refractivity contribution in [1.29, 1.82) is 0 Å². The molecule has 0 aromatic heterocycles. The van der Waals surface area contributed by atoms with Gasteiger partial charge in [-0.2, -0.15) is 0 Å². The van der Waals surface area contributed by atoms with Crippen LogP contribution in [0.5, 0.6) is 0 Å². The van der Waals surface area contributed by atoms with Crippen molar-refractivity contribution in [3.05, 3.63) is 33.9 Å². The number of nitrogens with one attached hydrogen (secondary N) is 2. The molecule has 0 radical (unpaired) electrons. The van der Waals surface area contributed by atoms with Gasteiger partial charge >= 0.3 is 0 Å². The number of piperidine rings is 1. The number of fused-ring (bicyclic) bond motifs is 1. The van der Waals surface area contributed by atoms with Gasteiger partial charge in [-0.25, -0.2) is 8.78 Å². The Morgan fingerprint density at radius 2 is 1.83 bits per heavy atom. The van der Waals surface area contributed by atoms with Crippen molar-refractivity contribution in [3.63, 3.8) is 0 Å². The molecule has 96 valence electrons. The Kier molecular flexibility index (Phi) is 2.44. The molecule has 1 aliphatic carbocycles. The van der Waals surface area contributed by atoms with Crippen LogP contribution in [0.2, 0.25) is 0 Å². The molecule has 3 rings (SSSR count). The zero-order valence-electron chi connectivity index (χ0n) is 9.32. The number of hydrogen-bond acceptors (Lipinski definition) is 4. The lowest BCUT2D eigenvalue weighted by Gasteiger charge is -2.10. The predicted molar refractivity (Wildman–Crippen MR) is 60.3 cm³/mol. The van der Waals surface area contributed by atoms with Gasteiger partial charge in [-0.15, -0.1) is 0 Å². The van der Waals surface area contributed by atoms with E-state index in [4.69, 9.17) is 0 Å². The number of nitro benzene ring substituents is 1. The zero-order valence-corrected chi connectivity index (χ0v) is 9.32. The number of nitrogens with zero attached hydrogens (tertiary/aromatic N) is 1. The number of anilines is 1. The lowest BCUT2D eigenvalue weighted by molar-refractivity contribution is -0.385. The largest absolute Gasteiger partial charge is 0.377 e.